The molecule has 0 aliphatic rings. The molecule has 128 valence electrons. The topological polar surface area (TPSA) is 91.2 Å². The van der Waals surface area contributed by atoms with Gasteiger partial charge in [0.1, 0.15) is 11.8 Å². The molecule has 0 heterocycles. The first-order valence-corrected chi connectivity index (χ1v) is 7.76. The van der Waals surface area contributed by atoms with E-state index in [0.29, 0.717) is 28.1 Å². The van der Waals surface area contributed by atoms with E-state index in [1.54, 1.807) is 63.4 Å². The van der Waals surface area contributed by atoms with Gasteiger partial charge in [-0.05, 0) is 43.7 Å². The van der Waals surface area contributed by atoms with Gasteiger partial charge in [0.05, 0.1) is 5.56 Å². The van der Waals surface area contributed by atoms with Crippen molar-refractivity contribution in [2.75, 3.05) is 12.4 Å². The second-order valence-corrected chi connectivity index (χ2v) is 5.41. The Morgan fingerprint density at radius 1 is 1.16 bits per heavy atom. The van der Waals surface area contributed by atoms with Crippen LogP contribution in [0.5, 0.6) is 5.75 Å². The van der Waals surface area contributed by atoms with Crippen molar-refractivity contribution in [1.29, 1.82) is 5.26 Å². The number of benzene rings is 2. The smallest absolute Gasteiger partial charge is 0.265 e. The average Bonchev–Trinajstić information content (AvgIpc) is 2.63. The lowest BCUT2D eigenvalue weighted by Gasteiger charge is -2.17. The van der Waals surface area contributed by atoms with E-state index in [0.717, 1.165) is 0 Å². The number of para-hydroxylation sites is 1. The van der Waals surface area contributed by atoms with E-state index >= 15 is 0 Å². The summed E-state index contributed by atoms with van der Waals surface area (Å²) in [6, 6.07) is 13.8. The molecule has 0 saturated carbocycles. The van der Waals surface area contributed by atoms with E-state index in [4.69, 9.17) is 10.00 Å². The van der Waals surface area contributed by atoms with E-state index in [-0.39, 0.29) is 11.8 Å². The first-order chi connectivity index (χ1) is 12.0. The molecule has 2 aromatic rings. The van der Waals surface area contributed by atoms with Crippen molar-refractivity contribution < 1.29 is 14.3 Å². The fraction of sp³-hybridized carbons (Fsp3) is 0.211. The highest BCUT2D eigenvalue weighted by Crippen LogP contribution is 2.21. The Bertz CT molecular complexity index is 840. The van der Waals surface area contributed by atoms with Crippen LogP contribution in [-0.2, 0) is 4.79 Å². The lowest BCUT2D eigenvalue weighted by atomic mass is 10.1. The predicted octanol–water partition coefficient (Wildman–Crippen LogP) is 2.63. The number of amides is 2. The molecule has 6 nitrogen and oxygen atoms in total. The van der Waals surface area contributed by atoms with Crippen LogP contribution in [0.3, 0.4) is 0 Å². The summed E-state index contributed by atoms with van der Waals surface area (Å²) < 4.78 is 5.60. The van der Waals surface area contributed by atoms with Crippen molar-refractivity contribution in [2.45, 2.75) is 20.0 Å². The third-order valence-electron chi connectivity index (χ3n) is 3.74. The quantitative estimate of drug-likeness (QED) is 0.877. The number of ether oxygens (including phenoxy) is 1. The molecule has 0 aliphatic heterocycles. The molecule has 0 aliphatic carbocycles. The van der Waals surface area contributed by atoms with Crippen LogP contribution in [0.2, 0.25) is 0 Å². The molecule has 25 heavy (non-hydrogen) atoms. The minimum Gasteiger partial charge on any atom is -0.480 e. The fourth-order valence-corrected chi connectivity index (χ4v) is 2.29. The van der Waals surface area contributed by atoms with E-state index in [1.165, 1.54) is 0 Å². The van der Waals surface area contributed by atoms with Crippen LogP contribution in [0.15, 0.2) is 42.5 Å². The summed E-state index contributed by atoms with van der Waals surface area (Å²) in [6.07, 6.45) is -0.808. The zero-order valence-corrected chi connectivity index (χ0v) is 14.3. The second kappa shape index (κ2) is 7.97. The first kappa shape index (κ1) is 18.0. The van der Waals surface area contributed by atoms with Gasteiger partial charge in [0, 0.05) is 18.3 Å². The van der Waals surface area contributed by atoms with Crippen molar-refractivity contribution in [1.82, 2.24) is 5.32 Å². The average molecular weight is 337 g/mol. The van der Waals surface area contributed by atoms with Crippen LogP contribution in [0.25, 0.3) is 0 Å². The largest absolute Gasteiger partial charge is 0.480 e. The van der Waals surface area contributed by atoms with E-state index in [1.807, 2.05) is 6.07 Å². The van der Waals surface area contributed by atoms with Gasteiger partial charge >= 0.3 is 0 Å². The van der Waals surface area contributed by atoms with Crippen molar-refractivity contribution in [3.8, 4) is 11.8 Å². The van der Waals surface area contributed by atoms with Crippen molar-refractivity contribution in [3.63, 3.8) is 0 Å². The SMILES string of the molecule is CNC(=O)c1cccc(NC(=O)C(C)Oc2ccccc2C#N)c1C. The van der Waals surface area contributed by atoms with Crippen LogP contribution in [0.4, 0.5) is 5.69 Å². The number of nitrogens with one attached hydrogen (secondary N) is 2. The molecule has 2 amide bonds. The number of nitriles is 1. The molecule has 0 aromatic heterocycles. The van der Waals surface area contributed by atoms with Gasteiger partial charge in [0.2, 0.25) is 0 Å². The molecule has 0 saturated heterocycles. The van der Waals surface area contributed by atoms with Crippen molar-refractivity contribution in [3.05, 3.63) is 59.2 Å². The fourth-order valence-electron chi connectivity index (χ4n) is 2.29. The maximum absolute atomic E-state index is 12.4. The van der Waals surface area contributed by atoms with Crippen LogP contribution >= 0.6 is 0 Å². The van der Waals surface area contributed by atoms with Crippen molar-refractivity contribution >= 4 is 17.5 Å². The number of carbonyl (C=O) groups is 2. The summed E-state index contributed by atoms with van der Waals surface area (Å²) in [5.74, 6) is -0.241. The van der Waals surface area contributed by atoms with Gasteiger partial charge in [-0.3, -0.25) is 9.59 Å². The minimum atomic E-state index is -0.808. The monoisotopic (exact) mass is 337 g/mol. The molecular weight excluding hydrogens is 318 g/mol. The van der Waals surface area contributed by atoms with E-state index < -0.39 is 6.10 Å². The summed E-state index contributed by atoms with van der Waals surface area (Å²) in [7, 11) is 1.55. The third-order valence-corrected chi connectivity index (χ3v) is 3.74. The molecule has 0 radical (unpaired) electrons. The summed E-state index contributed by atoms with van der Waals surface area (Å²) in [4.78, 5) is 24.2. The molecule has 0 fully saturated rings. The van der Waals surface area contributed by atoms with Gasteiger partial charge in [0.25, 0.3) is 11.8 Å². The number of carbonyl (C=O) groups excluding carboxylic acids is 2. The Morgan fingerprint density at radius 2 is 1.88 bits per heavy atom. The summed E-state index contributed by atoms with van der Waals surface area (Å²) >= 11 is 0. The van der Waals surface area contributed by atoms with Gasteiger partial charge in [-0.2, -0.15) is 5.26 Å². The van der Waals surface area contributed by atoms with Crippen LogP contribution in [0, 0.1) is 18.3 Å². The molecule has 1 unspecified atom stereocenters. The number of anilines is 1. The van der Waals surface area contributed by atoms with E-state index in [2.05, 4.69) is 10.6 Å². The molecule has 6 heteroatoms. The van der Waals surface area contributed by atoms with Gasteiger partial charge in [-0.1, -0.05) is 18.2 Å². The maximum Gasteiger partial charge on any atom is 0.265 e. The van der Waals surface area contributed by atoms with Crippen LogP contribution in [0.1, 0.15) is 28.4 Å². The van der Waals surface area contributed by atoms with Gasteiger partial charge in [-0.15, -0.1) is 0 Å². The van der Waals surface area contributed by atoms with Crippen LogP contribution < -0.4 is 15.4 Å². The summed E-state index contributed by atoms with van der Waals surface area (Å²) in [5, 5.41) is 14.4. The Balaban J connectivity index is 2.14. The Hall–Kier alpha value is -3.33. The van der Waals surface area contributed by atoms with Gasteiger partial charge in [-0.25, -0.2) is 0 Å². The molecule has 2 N–H and O–H groups in total. The molecule has 1 atom stereocenters. The Labute approximate surface area is 146 Å². The molecule has 2 rings (SSSR count). The minimum absolute atomic E-state index is 0.221. The number of hydrogen-bond acceptors (Lipinski definition) is 4. The number of rotatable bonds is 5. The second-order valence-electron chi connectivity index (χ2n) is 5.41. The summed E-state index contributed by atoms with van der Waals surface area (Å²) in [5.41, 5.74) is 2.05. The molecule has 2 aromatic carbocycles. The lowest BCUT2D eigenvalue weighted by Crippen LogP contribution is -2.31. The van der Waals surface area contributed by atoms with Gasteiger partial charge in [0.15, 0.2) is 6.10 Å². The molecular formula is C19H19N3O3. The maximum atomic E-state index is 12.4. The number of nitrogens with zero attached hydrogens (tertiary/aromatic N) is 1. The van der Waals surface area contributed by atoms with Crippen LogP contribution in [-0.4, -0.2) is 25.0 Å². The van der Waals surface area contributed by atoms with Crippen molar-refractivity contribution in [2.24, 2.45) is 0 Å². The zero-order chi connectivity index (χ0) is 18.4. The number of hydrogen-bond donors (Lipinski definition) is 2. The highest BCUT2D eigenvalue weighted by atomic mass is 16.5. The highest BCUT2D eigenvalue weighted by molar-refractivity contribution is 6.00. The molecule has 0 bridgehead atoms. The first-order valence-electron chi connectivity index (χ1n) is 7.76. The van der Waals surface area contributed by atoms with Gasteiger partial charge < -0.3 is 15.4 Å². The predicted molar refractivity (Wildman–Crippen MR) is 94.4 cm³/mol. The summed E-state index contributed by atoms with van der Waals surface area (Å²) in [6.45, 7) is 3.36. The Morgan fingerprint density at radius 3 is 2.56 bits per heavy atom. The zero-order valence-electron chi connectivity index (χ0n) is 14.3. The lowest BCUT2D eigenvalue weighted by molar-refractivity contribution is -0.122. The molecule has 0 spiro atoms. The normalized spacial score (nSPS) is 11.1. The third kappa shape index (κ3) is 4.15. The van der Waals surface area contributed by atoms with E-state index in [9.17, 15) is 9.59 Å². The Kier molecular flexibility index (Phi) is 5.75. The highest BCUT2D eigenvalue weighted by Gasteiger charge is 2.18. The standard InChI is InChI=1S/C19H19N3O3/c1-12-15(19(24)21-3)8-6-9-16(12)22-18(23)13(2)25-17-10-5-4-7-14(17)11-20/h4-10,13H,1-3H3,(H,21,24)(H,22,23).